The van der Waals surface area contributed by atoms with Crippen LogP contribution in [0, 0.1) is 5.92 Å². The summed E-state index contributed by atoms with van der Waals surface area (Å²) in [6.07, 6.45) is 1.09. The van der Waals surface area contributed by atoms with Gasteiger partial charge in [-0.25, -0.2) is 0 Å². The molecular weight excluding hydrogens is 598 g/mol. The predicted octanol–water partition coefficient (Wildman–Crippen LogP) is 5.61. The van der Waals surface area contributed by atoms with E-state index in [1.54, 1.807) is 12.1 Å². The number of carbonyl (C=O) groups excluding carboxylic acids is 4. The van der Waals surface area contributed by atoms with Crippen LogP contribution in [0.5, 0.6) is 23.0 Å². The van der Waals surface area contributed by atoms with E-state index in [2.05, 4.69) is 5.32 Å². The number of amides is 1. The van der Waals surface area contributed by atoms with Crippen molar-refractivity contribution in [2.75, 3.05) is 7.11 Å². The molecule has 4 aromatic carbocycles. The van der Waals surface area contributed by atoms with E-state index in [0.717, 1.165) is 34.9 Å². The van der Waals surface area contributed by atoms with E-state index in [1.165, 1.54) is 20.1 Å². The summed E-state index contributed by atoms with van der Waals surface area (Å²) < 4.78 is 17.5. The standard InChI is InChI=1S/C35H28ClNO8/c1-18(38)29-24(39)15-28-35(2,33(29)41)31-25(40)14-27(43-3)30(32(31)45-28)34(42)37-16-20-10-13-26(23-7-5-4-6-22(20)23)44-17-19-8-11-21(36)12-9-19/h4-15,29,40H,16-17H2,1-3H3,(H,37,42)/t29?,35-/m1/s1. The SMILES string of the molecule is COc1cc(O)c2c(c1C(=O)NCc1ccc(OCc3ccc(Cl)cc3)c3ccccc13)OC1=CC(=O)C(C(C)=O)C(=O)[C@]12C. The number of ketones is 3. The molecule has 45 heavy (non-hydrogen) atoms. The molecule has 0 saturated carbocycles. The van der Waals surface area contributed by atoms with Crippen molar-refractivity contribution in [2.45, 2.75) is 32.4 Å². The van der Waals surface area contributed by atoms with Crippen LogP contribution in [0.2, 0.25) is 5.02 Å². The molecule has 228 valence electrons. The second-order valence-electron chi connectivity index (χ2n) is 11.1. The number of hydrogen-bond donors (Lipinski definition) is 2. The van der Waals surface area contributed by atoms with Crippen molar-refractivity contribution < 1.29 is 38.5 Å². The summed E-state index contributed by atoms with van der Waals surface area (Å²) in [5.41, 5.74) is 0.0549. The molecular formula is C35H28ClNO8. The lowest BCUT2D eigenvalue weighted by Gasteiger charge is -2.30. The summed E-state index contributed by atoms with van der Waals surface area (Å²) in [6.45, 7) is 3.08. The summed E-state index contributed by atoms with van der Waals surface area (Å²) in [5, 5.41) is 16.3. The van der Waals surface area contributed by atoms with Crippen molar-refractivity contribution in [3.05, 3.63) is 106 Å². The van der Waals surface area contributed by atoms with Gasteiger partial charge in [0.25, 0.3) is 5.91 Å². The van der Waals surface area contributed by atoms with Gasteiger partial charge in [-0.05, 0) is 48.6 Å². The number of aromatic hydroxyl groups is 1. The van der Waals surface area contributed by atoms with E-state index >= 15 is 0 Å². The maximum Gasteiger partial charge on any atom is 0.259 e. The average molecular weight is 626 g/mol. The molecule has 1 aliphatic carbocycles. The summed E-state index contributed by atoms with van der Waals surface area (Å²) in [4.78, 5) is 52.1. The molecule has 1 heterocycles. The highest BCUT2D eigenvalue weighted by molar-refractivity contribution is 6.30. The zero-order valence-corrected chi connectivity index (χ0v) is 25.4. The number of phenolic OH excluding ortho intramolecular Hbond substituents is 1. The van der Waals surface area contributed by atoms with Crippen molar-refractivity contribution in [3.63, 3.8) is 0 Å². The number of phenols is 1. The van der Waals surface area contributed by atoms with E-state index in [1.807, 2.05) is 48.5 Å². The minimum atomic E-state index is -1.65. The summed E-state index contributed by atoms with van der Waals surface area (Å²) in [5.74, 6) is -4.05. The van der Waals surface area contributed by atoms with Crippen LogP contribution in [-0.2, 0) is 33.0 Å². The summed E-state index contributed by atoms with van der Waals surface area (Å²) in [6, 6.07) is 20.0. The number of methoxy groups -OCH3 is 1. The Morgan fingerprint density at radius 1 is 1.02 bits per heavy atom. The highest BCUT2D eigenvalue weighted by atomic mass is 35.5. The fourth-order valence-electron chi connectivity index (χ4n) is 5.97. The Balaban J connectivity index is 1.31. The first-order valence-electron chi connectivity index (χ1n) is 14.1. The number of ether oxygens (including phenoxy) is 3. The zero-order valence-electron chi connectivity index (χ0n) is 24.6. The zero-order chi connectivity index (χ0) is 32.0. The molecule has 0 bridgehead atoms. The highest BCUT2D eigenvalue weighted by Gasteiger charge is 2.58. The monoisotopic (exact) mass is 625 g/mol. The van der Waals surface area contributed by atoms with Crippen LogP contribution in [0.3, 0.4) is 0 Å². The van der Waals surface area contributed by atoms with Crippen LogP contribution in [0.15, 0.2) is 78.6 Å². The second-order valence-corrected chi connectivity index (χ2v) is 11.5. The average Bonchev–Trinajstić information content (AvgIpc) is 3.32. The van der Waals surface area contributed by atoms with Gasteiger partial charge in [-0.3, -0.25) is 19.2 Å². The van der Waals surface area contributed by atoms with Gasteiger partial charge in [0, 0.05) is 29.1 Å². The van der Waals surface area contributed by atoms with Crippen LogP contribution < -0.4 is 19.5 Å². The van der Waals surface area contributed by atoms with Gasteiger partial charge >= 0.3 is 0 Å². The number of halogens is 1. The lowest BCUT2D eigenvalue weighted by atomic mass is 9.67. The number of allylic oxidation sites excluding steroid dienone is 2. The summed E-state index contributed by atoms with van der Waals surface area (Å²) in [7, 11) is 1.33. The number of fused-ring (bicyclic) bond motifs is 4. The van der Waals surface area contributed by atoms with Crippen molar-refractivity contribution in [1.29, 1.82) is 0 Å². The van der Waals surface area contributed by atoms with Gasteiger partial charge in [-0.1, -0.05) is 54.1 Å². The molecule has 0 spiro atoms. The number of carbonyl (C=O) groups is 4. The molecule has 9 nitrogen and oxygen atoms in total. The fourth-order valence-corrected chi connectivity index (χ4v) is 6.10. The molecule has 2 atom stereocenters. The lowest BCUT2D eigenvalue weighted by molar-refractivity contribution is -0.140. The van der Waals surface area contributed by atoms with Crippen molar-refractivity contribution >= 4 is 45.6 Å². The highest BCUT2D eigenvalue weighted by Crippen LogP contribution is 2.56. The third-order valence-electron chi connectivity index (χ3n) is 8.32. The van der Waals surface area contributed by atoms with Gasteiger partial charge < -0.3 is 24.6 Å². The number of benzene rings is 4. The van der Waals surface area contributed by atoms with E-state index < -0.39 is 34.6 Å². The molecule has 0 fully saturated rings. The molecule has 2 N–H and O–H groups in total. The van der Waals surface area contributed by atoms with Crippen LogP contribution >= 0.6 is 11.6 Å². The maximum atomic E-state index is 13.8. The first kappa shape index (κ1) is 29.9. The molecule has 4 aromatic rings. The first-order chi connectivity index (χ1) is 21.5. The van der Waals surface area contributed by atoms with Gasteiger partial charge in [0.15, 0.2) is 17.3 Å². The van der Waals surface area contributed by atoms with Gasteiger partial charge in [-0.15, -0.1) is 0 Å². The van der Waals surface area contributed by atoms with E-state index in [0.29, 0.717) is 17.4 Å². The van der Waals surface area contributed by atoms with Crippen molar-refractivity contribution in [2.24, 2.45) is 5.92 Å². The number of nitrogens with one attached hydrogen (secondary N) is 1. The Kier molecular flexibility index (Phi) is 7.58. The smallest absolute Gasteiger partial charge is 0.259 e. The number of rotatable bonds is 8. The minimum absolute atomic E-state index is 0.00362. The quantitative estimate of drug-likeness (QED) is 0.242. The van der Waals surface area contributed by atoms with Crippen LogP contribution in [0.25, 0.3) is 10.8 Å². The van der Waals surface area contributed by atoms with Crippen LogP contribution in [-0.4, -0.2) is 35.5 Å². The minimum Gasteiger partial charge on any atom is -0.507 e. The Labute approximate surface area is 263 Å². The predicted molar refractivity (Wildman–Crippen MR) is 166 cm³/mol. The lowest BCUT2D eigenvalue weighted by Crippen LogP contribution is -2.47. The molecule has 0 aromatic heterocycles. The number of hydrogen-bond acceptors (Lipinski definition) is 8. The largest absolute Gasteiger partial charge is 0.507 e. The topological polar surface area (TPSA) is 128 Å². The van der Waals surface area contributed by atoms with E-state index in [9.17, 15) is 24.3 Å². The van der Waals surface area contributed by atoms with E-state index in [4.69, 9.17) is 25.8 Å². The Bertz CT molecular complexity index is 1950. The fraction of sp³-hybridized carbons (Fsp3) is 0.200. The molecule has 0 saturated heterocycles. The van der Waals surface area contributed by atoms with Gasteiger partial charge in [-0.2, -0.15) is 0 Å². The van der Waals surface area contributed by atoms with Gasteiger partial charge in [0.2, 0.25) is 0 Å². The third kappa shape index (κ3) is 4.99. The first-order valence-corrected chi connectivity index (χ1v) is 14.5. The molecule has 10 heteroatoms. The molecule has 1 unspecified atom stereocenters. The van der Waals surface area contributed by atoms with E-state index in [-0.39, 0.29) is 40.7 Å². The maximum absolute atomic E-state index is 13.8. The summed E-state index contributed by atoms with van der Waals surface area (Å²) >= 11 is 5.99. The molecule has 1 aliphatic heterocycles. The Hall–Kier alpha value is -5.15. The normalized spacial score (nSPS) is 18.5. The molecule has 1 amide bonds. The van der Waals surface area contributed by atoms with Gasteiger partial charge in [0.1, 0.15) is 52.3 Å². The number of Topliss-reactive ketones (excluding diaryl/α,β-unsaturated/α-hetero) is 2. The van der Waals surface area contributed by atoms with Crippen molar-refractivity contribution in [1.82, 2.24) is 5.32 Å². The molecule has 2 aliphatic rings. The second kappa shape index (κ2) is 11.4. The molecule has 0 radical (unpaired) electrons. The third-order valence-corrected chi connectivity index (χ3v) is 8.57. The Morgan fingerprint density at radius 2 is 1.73 bits per heavy atom. The van der Waals surface area contributed by atoms with Crippen LogP contribution in [0.4, 0.5) is 0 Å². The van der Waals surface area contributed by atoms with Gasteiger partial charge in [0.05, 0.1) is 12.7 Å². The Morgan fingerprint density at radius 3 is 2.42 bits per heavy atom. The van der Waals surface area contributed by atoms with Crippen LogP contribution in [0.1, 0.15) is 40.9 Å². The molecule has 6 rings (SSSR count). The van der Waals surface area contributed by atoms with Crippen molar-refractivity contribution in [3.8, 4) is 23.0 Å².